The van der Waals surface area contributed by atoms with Gasteiger partial charge in [-0.3, -0.25) is 4.79 Å². The number of aliphatic hydroxyl groups is 1. The molecule has 1 amide bonds. The van der Waals surface area contributed by atoms with E-state index in [1.165, 1.54) is 0 Å². The zero-order valence-corrected chi connectivity index (χ0v) is 19.5. The molecule has 2 saturated carbocycles. The van der Waals surface area contributed by atoms with E-state index >= 15 is 0 Å². The van der Waals surface area contributed by atoms with Crippen molar-refractivity contribution in [3.8, 4) is 11.1 Å². The number of ether oxygens (including phenoxy) is 3. The Morgan fingerprint density at radius 1 is 1.03 bits per heavy atom. The zero-order chi connectivity index (χ0) is 26.5. The maximum absolute atomic E-state index is 13.2. The van der Waals surface area contributed by atoms with Crippen LogP contribution < -0.4 is 5.32 Å². The van der Waals surface area contributed by atoms with Crippen LogP contribution in [0.1, 0.15) is 40.0 Å². The summed E-state index contributed by atoms with van der Waals surface area (Å²) in [5.74, 6) is -5.04. The third-order valence-electron chi connectivity index (χ3n) is 7.09. The third kappa shape index (κ3) is 3.76. The predicted molar refractivity (Wildman–Crippen MR) is 125 cm³/mol. The number of amides is 1. The molecule has 0 aromatic heterocycles. The van der Waals surface area contributed by atoms with Gasteiger partial charge in [-0.15, -0.1) is 0 Å². The van der Waals surface area contributed by atoms with E-state index in [0.717, 1.165) is 22.3 Å². The number of hydrogen-bond donors (Lipinski definition) is 2. The molecule has 35 heavy (non-hydrogen) atoms. The summed E-state index contributed by atoms with van der Waals surface area (Å²) in [5, 5.41) is 13.3. The van der Waals surface area contributed by atoms with Gasteiger partial charge in [0, 0.05) is 25.5 Å². The normalized spacial score (nSPS) is 32.9. The number of hydrogen-bond acceptors (Lipinski definition) is 7. The van der Waals surface area contributed by atoms with Crippen LogP contribution in [0.2, 0.25) is 0 Å². The number of rotatable bonds is 7. The van der Waals surface area contributed by atoms with Crippen molar-refractivity contribution in [3.05, 3.63) is 59.7 Å². The van der Waals surface area contributed by atoms with Crippen LogP contribution in [0.15, 0.2) is 48.5 Å². The molecule has 0 bridgehead atoms. The van der Waals surface area contributed by atoms with E-state index < -0.39 is 53.8 Å². The Bertz CT molecular complexity index is 1210. The molecule has 8 heteroatoms. The summed E-state index contributed by atoms with van der Waals surface area (Å²) >= 11 is 0. The Balaban J connectivity index is 1.40. The maximum Gasteiger partial charge on any atom is 0.408 e. The highest BCUT2D eigenvalue weighted by Crippen LogP contribution is 2.63. The quantitative estimate of drug-likeness (QED) is 0.460. The lowest BCUT2D eigenvalue weighted by Crippen LogP contribution is -2.57. The molecule has 0 spiro atoms. The Kier molecular flexibility index (Phi) is 5.38. The van der Waals surface area contributed by atoms with E-state index in [0.29, 0.717) is 0 Å². The SMILES string of the molecule is [3H]C1[C@@]([3H])(O)[C@H]2[C@H](C(=O)OCC)[C@H]2[C@]1(NC(=O)OCC1c2ccccc2-c2ccccc21)C(=O)OCC. The monoisotopic (exact) mass is 483 g/mol. The van der Waals surface area contributed by atoms with Crippen LogP contribution in [-0.2, 0) is 23.8 Å². The molecule has 2 fully saturated rings. The van der Waals surface area contributed by atoms with Crippen molar-refractivity contribution in [3.63, 3.8) is 0 Å². The van der Waals surface area contributed by atoms with Gasteiger partial charge in [0.1, 0.15) is 12.1 Å². The summed E-state index contributed by atoms with van der Waals surface area (Å²) in [6, 6.07) is 15.7. The van der Waals surface area contributed by atoms with E-state index in [1.54, 1.807) is 13.8 Å². The summed E-state index contributed by atoms with van der Waals surface area (Å²) in [5.41, 5.74) is 1.96. The lowest BCUT2D eigenvalue weighted by molar-refractivity contribution is -0.154. The second-order valence-electron chi connectivity index (χ2n) is 8.94. The van der Waals surface area contributed by atoms with Gasteiger partial charge in [-0.25, -0.2) is 9.59 Å². The minimum absolute atomic E-state index is 0.0397. The number of carbonyl (C=O) groups is 3. The molecule has 3 aliphatic rings. The van der Waals surface area contributed by atoms with Gasteiger partial charge in [0.2, 0.25) is 0 Å². The van der Waals surface area contributed by atoms with Gasteiger partial charge in [0.25, 0.3) is 0 Å². The van der Waals surface area contributed by atoms with Crippen molar-refractivity contribution in [1.82, 2.24) is 5.32 Å². The van der Waals surface area contributed by atoms with Gasteiger partial charge in [-0.1, -0.05) is 48.5 Å². The second kappa shape index (κ2) is 9.00. The molecular weight excluding hydrogens is 450 g/mol. The van der Waals surface area contributed by atoms with E-state index in [2.05, 4.69) is 5.32 Å². The fraction of sp³-hybridized carbons (Fsp3) is 0.444. The number of alkyl carbamates (subject to hydrolysis) is 1. The van der Waals surface area contributed by atoms with Crippen molar-refractivity contribution in [1.29, 1.82) is 0 Å². The van der Waals surface area contributed by atoms with Crippen LogP contribution in [0, 0.1) is 17.8 Å². The molecule has 2 aromatic carbocycles. The average Bonchev–Trinajstić information content (AvgIpc) is 3.53. The standard InChI is InChI=1S/C27H29NO7/c1-3-33-24(30)22-21-20(29)13-27(23(21)22,25(31)34-4-2)28-26(32)35-14-19-17-11-7-5-9-15(17)16-10-6-8-12-18(16)19/h5-12,19-23,29H,3-4,13-14H2,1-2H3,(H,28,32)/t20-,21+,22+,23+,27+/m1/s1/i13T,20T/t13?,20-,21+,22+,23+,27+. The topological polar surface area (TPSA) is 111 Å². The lowest BCUT2D eigenvalue weighted by Gasteiger charge is -2.31. The second-order valence-corrected chi connectivity index (χ2v) is 8.94. The summed E-state index contributed by atoms with van der Waals surface area (Å²) in [4.78, 5) is 38.9. The maximum atomic E-state index is 13.2. The molecule has 3 aliphatic carbocycles. The highest BCUT2D eigenvalue weighted by atomic mass is 16.6. The smallest absolute Gasteiger partial charge is 0.408 e. The molecule has 184 valence electrons. The van der Waals surface area contributed by atoms with Gasteiger partial charge in [-0.2, -0.15) is 0 Å². The van der Waals surface area contributed by atoms with Crippen LogP contribution in [-0.4, -0.2) is 54.6 Å². The summed E-state index contributed by atoms with van der Waals surface area (Å²) in [6.45, 7) is 3.15. The minimum atomic E-state index is -2.48. The van der Waals surface area contributed by atoms with Gasteiger partial charge in [-0.05, 0) is 36.1 Å². The van der Waals surface area contributed by atoms with E-state index in [-0.39, 0.29) is 25.7 Å². The lowest BCUT2D eigenvalue weighted by atomic mass is 9.89. The van der Waals surface area contributed by atoms with Crippen molar-refractivity contribution in [2.45, 2.75) is 37.8 Å². The number of carbonyl (C=O) groups excluding carboxylic acids is 3. The summed E-state index contributed by atoms with van der Waals surface area (Å²) < 4.78 is 32.8. The molecule has 0 aliphatic heterocycles. The Hall–Kier alpha value is -3.39. The van der Waals surface area contributed by atoms with Crippen LogP contribution in [0.25, 0.3) is 11.1 Å². The number of fused-ring (bicyclic) bond motifs is 4. The van der Waals surface area contributed by atoms with Crippen LogP contribution in [0.5, 0.6) is 0 Å². The molecule has 5 rings (SSSR count). The average molecular weight is 484 g/mol. The van der Waals surface area contributed by atoms with Gasteiger partial charge in [0.05, 0.1) is 26.6 Å². The minimum Gasteiger partial charge on any atom is -0.466 e. The number of benzene rings is 2. The first-order valence-corrected chi connectivity index (χ1v) is 11.8. The molecule has 2 aromatic rings. The van der Waals surface area contributed by atoms with E-state index in [1.807, 2.05) is 48.5 Å². The van der Waals surface area contributed by atoms with Crippen molar-refractivity contribution in [2.75, 3.05) is 19.8 Å². The summed E-state index contributed by atoms with van der Waals surface area (Å²) in [7, 11) is 0. The van der Waals surface area contributed by atoms with Gasteiger partial charge < -0.3 is 24.6 Å². The van der Waals surface area contributed by atoms with Crippen molar-refractivity contribution >= 4 is 18.0 Å². The molecule has 0 saturated heterocycles. The number of esters is 2. The van der Waals surface area contributed by atoms with Gasteiger partial charge in [0.15, 0.2) is 0 Å². The molecule has 0 heterocycles. The molecular formula is C27H29NO7. The first-order valence-electron chi connectivity index (χ1n) is 12.9. The fourth-order valence-corrected chi connectivity index (χ4v) is 5.62. The molecule has 0 radical (unpaired) electrons. The van der Waals surface area contributed by atoms with Crippen LogP contribution in [0.4, 0.5) is 4.79 Å². The van der Waals surface area contributed by atoms with E-state index in [4.69, 9.17) is 17.0 Å². The first kappa shape index (κ1) is 20.9. The third-order valence-corrected chi connectivity index (χ3v) is 7.09. The van der Waals surface area contributed by atoms with Crippen LogP contribution in [0.3, 0.4) is 0 Å². The predicted octanol–water partition coefficient (Wildman–Crippen LogP) is 3.02. The largest absolute Gasteiger partial charge is 0.466 e. The Morgan fingerprint density at radius 3 is 2.23 bits per heavy atom. The van der Waals surface area contributed by atoms with Crippen molar-refractivity contribution < 1.29 is 36.4 Å². The molecule has 6 atom stereocenters. The van der Waals surface area contributed by atoms with E-state index in [9.17, 15) is 19.5 Å². The molecule has 2 N–H and O–H groups in total. The molecule has 1 unspecified atom stereocenters. The molecule has 8 nitrogen and oxygen atoms in total. The first-order chi connectivity index (χ1) is 17.7. The highest BCUT2D eigenvalue weighted by molar-refractivity contribution is 5.91. The van der Waals surface area contributed by atoms with Crippen LogP contribution >= 0.6 is 0 Å². The van der Waals surface area contributed by atoms with Crippen molar-refractivity contribution in [2.24, 2.45) is 17.8 Å². The number of nitrogens with one attached hydrogen (secondary N) is 1. The summed E-state index contributed by atoms with van der Waals surface area (Å²) in [6.07, 6.45) is -5.29. The van der Waals surface area contributed by atoms with Gasteiger partial charge >= 0.3 is 18.0 Å². The Labute approximate surface area is 206 Å². The Morgan fingerprint density at radius 2 is 1.63 bits per heavy atom. The highest BCUT2D eigenvalue weighted by Gasteiger charge is 2.76. The fourth-order valence-electron chi connectivity index (χ4n) is 5.62. The zero-order valence-electron chi connectivity index (χ0n) is 21.5.